The van der Waals surface area contributed by atoms with Gasteiger partial charge in [-0.1, -0.05) is 6.42 Å². The van der Waals surface area contributed by atoms with E-state index in [4.69, 9.17) is 14.2 Å². The first-order valence-electron chi connectivity index (χ1n) is 12.1. The van der Waals surface area contributed by atoms with Crippen molar-refractivity contribution in [1.82, 2.24) is 9.80 Å². The van der Waals surface area contributed by atoms with E-state index in [0.717, 1.165) is 24.4 Å². The molecule has 0 radical (unpaired) electrons. The summed E-state index contributed by atoms with van der Waals surface area (Å²) in [7, 11) is 0. The zero-order valence-electron chi connectivity index (χ0n) is 19.4. The quantitative estimate of drug-likeness (QED) is 0.585. The molecule has 3 aliphatic rings. The fourth-order valence-electron chi connectivity index (χ4n) is 4.72. The van der Waals surface area contributed by atoms with Gasteiger partial charge in [-0.15, -0.1) is 0 Å². The van der Waals surface area contributed by atoms with Crippen molar-refractivity contribution in [3.63, 3.8) is 0 Å². The van der Waals surface area contributed by atoms with E-state index in [9.17, 15) is 9.59 Å². The van der Waals surface area contributed by atoms with Crippen LogP contribution in [0.2, 0.25) is 0 Å². The van der Waals surface area contributed by atoms with E-state index in [-0.39, 0.29) is 25.2 Å². The number of amides is 2. The van der Waals surface area contributed by atoms with Gasteiger partial charge in [-0.3, -0.25) is 9.59 Å². The van der Waals surface area contributed by atoms with E-state index in [0.29, 0.717) is 36.8 Å². The highest BCUT2D eigenvalue weighted by Gasteiger charge is 2.29. The Balaban J connectivity index is 1.10. The Labute approximate surface area is 200 Å². The smallest absolute Gasteiger partial charge is 0.254 e. The molecule has 34 heavy (non-hydrogen) atoms. The van der Waals surface area contributed by atoms with Gasteiger partial charge in [-0.2, -0.15) is 0 Å². The second kappa shape index (κ2) is 10.3. The van der Waals surface area contributed by atoms with Crippen molar-refractivity contribution in [2.24, 2.45) is 0 Å². The first-order valence-corrected chi connectivity index (χ1v) is 12.1. The molecule has 0 N–H and O–H groups in total. The predicted molar refractivity (Wildman–Crippen MR) is 128 cm³/mol. The number of piperazine rings is 1. The minimum atomic E-state index is -0.181. The molecule has 8 nitrogen and oxygen atoms in total. The Kier molecular flexibility index (Phi) is 6.85. The molecule has 2 aromatic carbocycles. The molecule has 3 heterocycles. The molecule has 3 aliphatic heterocycles. The Morgan fingerprint density at radius 1 is 0.912 bits per heavy atom. The molecule has 8 heteroatoms. The van der Waals surface area contributed by atoms with Crippen LogP contribution in [0.5, 0.6) is 17.2 Å². The second-order valence-corrected chi connectivity index (χ2v) is 8.94. The number of benzene rings is 2. The van der Waals surface area contributed by atoms with Crippen molar-refractivity contribution in [2.45, 2.75) is 25.7 Å². The van der Waals surface area contributed by atoms with E-state index < -0.39 is 0 Å². The monoisotopic (exact) mass is 465 g/mol. The minimum Gasteiger partial charge on any atom is -0.494 e. The molecule has 0 spiro atoms. The van der Waals surface area contributed by atoms with Crippen LogP contribution in [0.1, 0.15) is 36.0 Å². The lowest BCUT2D eigenvalue weighted by Crippen LogP contribution is -2.52. The highest BCUT2D eigenvalue weighted by Crippen LogP contribution is 2.33. The van der Waals surface area contributed by atoms with Crippen LogP contribution in [-0.2, 0) is 4.79 Å². The van der Waals surface area contributed by atoms with E-state index in [1.165, 1.54) is 32.4 Å². The number of hydrogen-bond donors (Lipinski definition) is 0. The highest BCUT2D eigenvalue weighted by molar-refractivity contribution is 6.02. The lowest BCUT2D eigenvalue weighted by molar-refractivity contribution is -0.120. The molecular weight excluding hydrogens is 434 g/mol. The van der Waals surface area contributed by atoms with E-state index in [1.54, 1.807) is 28.0 Å². The minimum absolute atomic E-state index is 0.0437. The molecule has 0 atom stereocenters. The summed E-state index contributed by atoms with van der Waals surface area (Å²) in [5.74, 6) is 1.72. The number of rotatable bonds is 7. The highest BCUT2D eigenvalue weighted by atomic mass is 16.7. The maximum atomic E-state index is 12.9. The maximum absolute atomic E-state index is 12.9. The van der Waals surface area contributed by atoms with Gasteiger partial charge >= 0.3 is 0 Å². The lowest BCUT2D eigenvalue weighted by Gasteiger charge is -2.34. The number of carbonyl (C=O) groups excluding carboxylic acids is 2. The largest absolute Gasteiger partial charge is 0.494 e. The van der Waals surface area contributed by atoms with Gasteiger partial charge in [0.2, 0.25) is 12.7 Å². The van der Waals surface area contributed by atoms with Crippen molar-refractivity contribution in [3.05, 3.63) is 48.0 Å². The molecule has 2 aromatic rings. The zero-order chi connectivity index (χ0) is 23.3. The van der Waals surface area contributed by atoms with Crippen LogP contribution in [0.4, 0.5) is 5.69 Å². The van der Waals surface area contributed by atoms with Gasteiger partial charge in [-0.25, -0.2) is 0 Å². The number of likely N-dealkylation sites (tertiary alicyclic amines) is 1. The number of fused-ring (bicyclic) bond motifs is 1. The van der Waals surface area contributed by atoms with Gasteiger partial charge in [-0.05, 0) is 74.8 Å². The molecule has 2 fully saturated rings. The normalized spacial score (nSPS) is 18.3. The van der Waals surface area contributed by atoms with E-state index in [1.807, 2.05) is 24.3 Å². The fraction of sp³-hybridized carbons (Fsp3) is 0.462. The van der Waals surface area contributed by atoms with Gasteiger partial charge in [0.15, 0.2) is 11.5 Å². The van der Waals surface area contributed by atoms with Crippen LogP contribution in [0.25, 0.3) is 0 Å². The first kappa shape index (κ1) is 22.5. The van der Waals surface area contributed by atoms with Crippen LogP contribution in [0.3, 0.4) is 0 Å². The average Bonchev–Trinajstić information content (AvgIpc) is 3.35. The van der Waals surface area contributed by atoms with Gasteiger partial charge in [0.1, 0.15) is 12.3 Å². The van der Waals surface area contributed by atoms with Gasteiger partial charge in [0, 0.05) is 30.9 Å². The predicted octanol–water partition coefficient (Wildman–Crippen LogP) is 3.16. The number of anilines is 1. The summed E-state index contributed by atoms with van der Waals surface area (Å²) in [4.78, 5) is 31.5. The van der Waals surface area contributed by atoms with Crippen molar-refractivity contribution < 1.29 is 23.8 Å². The number of nitrogens with zero attached hydrogens (tertiary/aromatic N) is 3. The van der Waals surface area contributed by atoms with Crippen molar-refractivity contribution in [1.29, 1.82) is 0 Å². The summed E-state index contributed by atoms with van der Waals surface area (Å²) < 4.78 is 16.6. The van der Waals surface area contributed by atoms with Crippen LogP contribution in [0.15, 0.2) is 42.5 Å². The van der Waals surface area contributed by atoms with Crippen LogP contribution in [-0.4, -0.2) is 74.3 Å². The molecule has 0 saturated carbocycles. The summed E-state index contributed by atoms with van der Waals surface area (Å²) in [6, 6.07) is 12.7. The zero-order valence-corrected chi connectivity index (χ0v) is 19.4. The maximum Gasteiger partial charge on any atom is 0.254 e. The standard InChI is InChI=1S/C26H31N3O5/c30-25-18-28(26(31)20-5-10-23-24(17-20)34-19-33-23)14-15-29(25)21-6-8-22(9-7-21)32-16-4-13-27-11-2-1-3-12-27/h5-10,17H,1-4,11-16,18-19H2. The lowest BCUT2D eigenvalue weighted by atomic mass is 10.1. The van der Waals surface area contributed by atoms with Crippen LogP contribution < -0.4 is 19.1 Å². The van der Waals surface area contributed by atoms with E-state index in [2.05, 4.69) is 4.90 Å². The third kappa shape index (κ3) is 5.12. The molecule has 2 amide bonds. The molecule has 0 unspecified atom stereocenters. The molecule has 5 rings (SSSR count). The third-order valence-electron chi connectivity index (χ3n) is 6.61. The fourth-order valence-corrected chi connectivity index (χ4v) is 4.72. The van der Waals surface area contributed by atoms with Crippen molar-refractivity contribution >= 4 is 17.5 Å². The number of hydrogen-bond acceptors (Lipinski definition) is 6. The Bertz CT molecular complexity index is 1020. The van der Waals surface area contributed by atoms with Crippen molar-refractivity contribution in [2.75, 3.05) is 57.6 Å². The topological polar surface area (TPSA) is 71.6 Å². The Morgan fingerprint density at radius 2 is 1.71 bits per heavy atom. The molecule has 0 aromatic heterocycles. The van der Waals surface area contributed by atoms with Gasteiger partial charge in [0.25, 0.3) is 5.91 Å². The first-order chi connectivity index (χ1) is 16.7. The van der Waals surface area contributed by atoms with E-state index >= 15 is 0 Å². The molecule has 0 bridgehead atoms. The Morgan fingerprint density at radius 3 is 2.50 bits per heavy atom. The molecular formula is C26H31N3O5. The molecule has 2 saturated heterocycles. The number of carbonyl (C=O) groups is 2. The summed E-state index contributed by atoms with van der Waals surface area (Å²) in [6.07, 6.45) is 4.98. The average molecular weight is 466 g/mol. The SMILES string of the molecule is O=C(c1ccc2c(c1)OCO2)N1CCN(c2ccc(OCCCN3CCCCC3)cc2)C(=O)C1. The van der Waals surface area contributed by atoms with Crippen LogP contribution in [0, 0.1) is 0 Å². The third-order valence-corrected chi connectivity index (χ3v) is 6.61. The van der Waals surface area contributed by atoms with Crippen LogP contribution >= 0.6 is 0 Å². The number of piperidine rings is 1. The number of ether oxygens (including phenoxy) is 3. The van der Waals surface area contributed by atoms with Gasteiger partial charge in [0.05, 0.1) is 6.61 Å². The summed E-state index contributed by atoms with van der Waals surface area (Å²) in [5, 5.41) is 0. The summed E-state index contributed by atoms with van der Waals surface area (Å²) in [6.45, 7) is 5.31. The molecule has 180 valence electrons. The Hall–Kier alpha value is -3.26. The van der Waals surface area contributed by atoms with Crippen molar-refractivity contribution in [3.8, 4) is 17.2 Å². The second-order valence-electron chi connectivity index (χ2n) is 8.94. The van der Waals surface area contributed by atoms with Gasteiger partial charge < -0.3 is 28.9 Å². The summed E-state index contributed by atoms with van der Waals surface area (Å²) in [5.41, 5.74) is 1.31. The summed E-state index contributed by atoms with van der Waals surface area (Å²) >= 11 is 0. The molecule has 0 aliphatic carbocycles.